The molecule has 0 aliphatic carbocycles. The minimum absolute atomic E-state index is 0.180. The van der Waals surface area contributed by atoms with Crippen LogP contribution >= 0.6 is 0 Å². The zero-order chi connectivity index (χ0) is 14.2. The van der Waals surface area contributed by atoms with E-state index in [0.29, 0.717) is 6.04 Å². The van der Waals surface area contributed by atoms with Gasteiger partial charge in [0.05, 0.1) is 0 Å². The third-order valence-electron chi connectivity index (χ3n) is 3.31. The number of benzene rings is 1. The van der Waals surface area contributed by atoms with Crippen LogP contribution in [0.3, 0.4) is 0 Å². The summed E-state index contributed by atoms with van der Waals surface area (Å²) >= 11 is 0. The number of aromatic nitrogens is 1. The van der Waals surface area contributed by atoms with Gasteiger partial charge in [-0.05, 0) is 61.2 Å². The maximum atomic E-state index is 13.0. The highest BCUT2D eigenvalue weighted by Crippen LogP contribution is 2.10. The third-order valence-corrected chi connectivity index (χ3v) is 3.31. The molecule has 0 saturated heterocycles. The van der Waals surface area contributed by atoms with Gasteiger partial charge >= 0.3 is 0 Å². The van der Waals surface area contributed by atoms with E-state index < -0.39 is 0 Å². The van der Waals surface area contributed by atoms with Gasteiger partial charge in [0.1, 0.15) is 5.82 Å². The van der Waals surface area contributed by atoms with Gasteiger partial charge in [-0.25, -0.2) is 4.39 Å². The van der Waals surface area contributed by atoms with E-state index in [1.807, 2.05) is 36.7 Å². The summed E-state index contributed by atoms with van der Waals surface area (Å²) in [6, 6.07) is 11.2. The zero-order valence-corrected chi connectivity index (χ0v) is 11.8. The Kier molecular flexibility index (Phi) is 5.69. The maximum absolute atomic E-state index is 13.0. The number of halogens is 1. The van der Waals surface area contributed by atoms with Crippen LogP contribution in [0.4, 0.5) is 4.39 Å². The number of nitrogens with zero attached hydrogens (tertiary/aromatic N) is 1. The van der Waals surface area contributed by atoms with Gasteiger partial charge in [0.15, 0.2) is 0 Å². The Morgan fingerprint density at radius 2 is 1.60 bits per heavy atom. The molecule has 20 heavy (non-hydrogen) atoms. The van der Waals surface area contributed by atoms with E-state index in [4.69, 9.17) is 0 Å². The molecule has 1 heterocycles. The molecule has 1 atom stereocenters. The van der Waals surface area contributed by atoms with Crippen LogP contribution in [0.15, 0.2) is 48.8 Å². The highest BCUT2D eigenvalue weighted by Gasteiger charge is 2.10. The molecule has 0 saturated carbocycles. The Bertz CT molecular complexity index is 496. The van der Waals surface area contributed by atoms with Crippen molar-refractivity contribution in [2.45, 2.75) is 32.2 Å². The van der Waals surface area contributed by atoms with E-state index in [9.17, 15) is 4.39 Å². The van der Waals surface area contributed by atoms with E-state index in [-0.39, 0.29) is 5.82 Å². The van der Waals surface area contributed by atoms with Crippen LogP contribution in [0.5, 0.6) is 0 Å². The summed E-state index contributed by atoms with van der Waals surface area (Å²) in [5.41, 5.74) is 2.43. The fourth-order valence-electron chi connectivity index (χ4n) is 2.27. The predicted molar refractivity (Wildman–Crippen MR) is 80.1 cm³/mol. The number of nitrogens with one attached hydrogen (secondary N) is 1. The lowest BCUT2D eigenvalue weighted by Gasteiger charge is -2.19. The molecular weight excluding hydrogens is 251 g/mol. The molecular formula is C17H21FN2. The highest BCUT2D eigenvalue weighted by atomic mass is 19.1. The topological polar surface area (TPSA) is 24.9 Å². The molecule has 0 fully saturated rings. The lowest BCUT2D eigenvalue weighted by molar-refractivity contribution is 0.504. The molecule has 106 valence electrons. The molecule has 1 aromatic carbocycles. The molecule has 0 spiro atoms. The second kappa shape index (κ2) is 7.75. The van der Waals surface area contributed by atoms with Gasteiger partial charge in [0.2, 0.25) is 0 Å². The Hall–Kier alpha value is -1.74. The van der Waals surface area contributed by atoms with Crippen molar-refractivity contribution in [1.82, 2.24) is 10.3 Å². The van der Waals surface area contributed by atoms with E-state index in [0.717, 1.165) is 31.4 Å². The quantitative estimate of drug-likeness (QED) is 0.836. The Morgan fingerprint density at radius 3 is 2.20 bits per heavy atom. The molecule has 0 bridgehead atoms. The largest absolute Gasteiger partial charge is 0.313 e. The molecule has 3 heteroatoms. The van der Waals surface area contributed by atoms with Crippen molar-refractivity contribution in [2.24, 2.45) is 0 Å². The van der Waals surface area contributed by atoms with Gasteiger partial charge in [-0.3, -0.25) is 4.98 Å². The first-order valence-corrected chi connectivity index (χ1v) is 7.14. The van der Waals surface area contributed by atoms with Crippen LogP contribution in [-0.2, 0) is 12.8 Å². The molecule has 1 aromatic heterocycles. The first-order chi connectivity index (χ1) is 9.78. The van der Waals surface area contributed by atoms with Gasteiger partial charge in [0.25, 0.3) is 0 Å². The van der Waals surface area contributed by atoms with Crippen molar-refractivity contribution in [1.29, 1.82) is 0 Å². The first-order valence-electron chi connectivity index (χ1n) is 7.14. The first kappa shape index (κ1) is 14.7. The van der Waals surface area contributed by atoms with Crippen molar-refractivity contribution in [3.63, 3.8) is 0 Å². The molecule has 2 nitrogen and oxygen atoms in total. The smallest absolute Gasteiger partial charge is 0.123 e. The van der Waals surface area contributed by atoms with E-state index in [1.54, 1.807) is 0 Å². The molecule has 1 N–H and O–H groups in total. The van der Waals surface area contributed by atoms with Crippen LogP contribution in [0.1, 0.15) is 24.5 Å². The Labute approximate surface area is 120 Å². The average Bonchev–Trinajstić information content (AvgIpc) is 2.48. The predicted octanol–water partition coefficient (Wildman–Crippen LogP) is 3.37. The summed E-state index contributed by atoms with van der Waals surface area (Å²) in [6.45, 7) is 3.16. The zero-order valence-electron chi connectivity index (χ0n) is 11.8. The number of hydrogen-bond acceptors (Lipinski definition) is 2. The van der Waals surface area contributed by atoms with Crippen molar-refractivity contribution in [3.8, 4) is 0 Å². The molecule has 1 unspecified atom stereocenters. The lowest BCUT2D eigenvalue weighted by Crippen LogP contribution is -2.33. The van der Waals surface area contributed by atoms with Gasteiger partial charge < -0.3 is 5.32 Å². The van der Waals surface area contributed by atoms with Crippen molar-refractivity contribution in [3.05, 3.63) is 65.7 Å². The fraction of sp³-hybridized carbons (Fsp3) is 0.353. The second-order valence-corrected chi connectivity index (χ2v) is 5.04. The SMILES string of the molecule is CCCNC(Cc1ccncc1)Cc1ccc(F)cc1. The van der Waals surface area contributed by atoms with E-state index >= 15 is 0 Å². The molecule has 2 rings (SSSR count). The van der Waals surface area contributed by atoms with Gasteiger partial charge in [-0.1, -0.05) is 19.1 Å². The lowest BCUT2D eigenvalue weighted by atomic mass is 9.99. The van der Waals surface area contributed by atoms with E-state index in [1.165, 1.54) is 17.7 Å². The van der Waals surface area contributed by atoms with Crippen LogP contribution in [0.2, 0.25) is 0 Å². The summed E-state index contributed by atoms with van der Waals surface area (Å²) in [7, 11) is 0. The third kappa shape index (κ3) is 4.74. The van der Waals surface area contributed by atoms with Crippen molar-refractivity contribution >= 4 is 0 Å². The molecule has 0 radical (unpaired) electrons. The fourth-order valence-corrected chi connectivity index (χ4v) is 2.27. The number of hydrogen-bond donors (Lipinski definition) is 1. The molecule has 0 aliphatic heterocycles. The van der Waals surface area contributed by atoms with E-state index in [2.05, 4.69) is 17.2 Å². The van der Waals surface area contributed by atoms with Crippen molar-refractivity contribution < 1.29 is 4.39 Å². The van der Waals surface area contributed by atoms with Gasteiger partial charge in [-0.2, -0.15) is 0 Å². The summed E-state index contributed by atoms with van der Waals surface area (Å²) in [5, 5.41) is 3.57. The summed E-state index contributed by atoms with van der Waals surface area (Å²) in [5.74, 6) is -0.180. The Balaban J connectivity index is 2.01. The summed E-state index contributed by atoms with van der Waals surface area (Å²) < 4.78 is 13.0. The highest BCUT2D eigenvalue weighted by molar-refractivity contribution is 5.19. The molecule has 0 aliphatic rings. The van der Waals surface area contributed by atoms with Crippen LogP contribution in [0.25, 0.3) is 0 Å². The molecule has 0 amide bonds. The standard InChI is InChI=1S/C17H21FN2/c1-2-9-20-17(13-15-7-10-19-11-8-15)12-14-3-5-16(18)6-4-14/h3-8,10-11,17,20H,2,9,12-13H2,1H3. The summed E-state index contributed by atoms with van der Waals surface area (Å²) in [6.07, 6.45) is 6.62. The minimum Gasteiger partial charge on any atom is -0.313 e. The maximum Gasteiger partial charge on any atom is 0.123 e. The second-order valence-electron chi connectivity index (χ2n) is 5.04. The minimum atomic E-state index is -0.180. The normalized spacial score (nSPS) is 12.3. The monoisotopic (exact) mass is 272 g/mol. The van der Waals surface area contributed by atoms with Crippen molar-refractivity contribution in [2.75, 3.05) is 6.54 Å². The number of pyridine rings is 1. The number of rotatable bonds is 7. The Morgan fingerprint density at radius 1 is 1.00 bits per heavy atom. The van der Waals surface area contributed by atoms with Gasteiger partial charge in [-0.15, -0.1) is 0 Å². The average molecular weight is 272 g/mol. The van der Waals surface area contributed by atoms with Gasteiger partial charge in [0, 0.05) is 18.4 Å². The summed E-state index contributed by atoms with van der Waals surface area (Å²) in [4.78, 5) is 4.05. The molecule has 2 aromatic rings. The van der Waals surface area contributed by atoms with Crippen LogP contribution in [0, 0.1) is 5.82 Å². The van der Waals surface area contributed by atoms with Crippen LogP contribution in [-0.4, -0.2) is 17.6 Å². The van der Waals surface area contributed by atoms with Crippen LogP contribution < -0.4 is 5.32 Å².